The van der Waals surface area contributed by atoms with Crippen molar-refractivity contribution < 1.29 is 4.74 Å². The van der Waals surface area contributed by atoms with Crippen molar-refractivity contribution in [1.29, 1.82) is 5.26 Å². The summed E-state index contributed by atoms with van der Waals surface area (Å²) in [6, 6.07) is 6.35. The molecule has 0 aliphatic carbocycles. The van der Waals surface area contributed by atoms with Crippen LogP contribution in [-0.2, 0) is 7.05 Å². The highest BCUT2D eigenvalue weighted by molar-refractivity contribution is 5.71. The van der Waals surface area contributed by atoms with Crippen molar-refractivity contribution >= 4 is 0 Å². The fourth-order valence-corrected chi connectivity index (χ4v) is 2.71. The molecule has 0 atom stereocenters. The van der Waals surface area contributed by atoms with Crippen LogP contribution in [0.25, 0.3) is 11.3 Å². The summed E-state index contributed by atoms with van der Waals surface area (Å²) in [6.07, 6.45) is 0. The molecule has 0 radical (unpaired) electrons. The third kappa shape index (κ3) is 1.98. The van der Waals surface area contributed by atoms with Gasteiger partial charge in [-0.3, -0.25) is 0 Å². The lowest BCUT2D eigenvalue weighted by molar-refractivity contribution is 0.408. The minimum absolute atomic E-state index is 0.730. The number of ether oxygens (including phenoxy) is 1. The van der Waals surface area contributed by atoms with Crippen molar-refractivity contribution in [3.05, 3.63) is 40.1 Å². The molecule has 2 rings (SSSR count). The molecule has 104 valence electrons. The number of rotatable bonds is 2. The van der Waals surface area contributed by atoms with Gasteiger partial charge in [-0.1, -0.05) is 0 Å². The average molecular weight is 268 g/mol. The smallest absolute Gasteiger partial charge is 0.124 e. The number of nitrogens with zero attached hydrogens (tertiary/aromatic N) is 2. The number of hydrogen-bond donors (Lipinski definition) is 0. The van der Waals surface area contributed by atoms with E-state index in [2.05, 4.69) is 37.5 Å². The van der Waals surface area contributed by atoms with E-state index in [-0.39, 0.29) is 0 Å². The number of benzene rings is 1. The van der Waals surface area contributed by atoms with Gasteiger partial charge >= 0.3 is 0 Å². The number of nitriles is 1. The number of hydrogen-bond acceptors (Lipinski definition) is 2. The predicted octanol–water partition coefficient (Wildman–Crippen LogP) is 3.81. The first-order chi connectivity index (χ1) is 9.42. The minimum Gasteiger partial charge on any atom is -0.496 e. The summed E-state index contributed by atoms with van der Waals surface area (Å²) in [5.41, 5.74) is 7.42. The molecule has 3 heteroatoms. The summed E-state index contributed by atoms with van der Waals surface area (Å²) in [6.45, 7) is 8.20. The zero-order valence-corrected chi connectivity index (χ0v) is 13.0. The molecular weight excluding hydrogens is 248 g/mol. The standard InChI is InChI=1S/C17H20N2O/c1-10-7-15(11(2)12(3)17(10)20-6)16-8-14(9-18)13(4)19(16)5/h7-8H,1-6H3. The van der Waals surface area contributed by atoms with Gasteiger partial charge in [0.25, 0.3) is 0 Å². The molecule has 0 aliphatic heterocycles. The molecule has 0 bridgehead atoms. The van der Waals surface area contributed by atoms with E-state index in [1.807, 2.05) is 20.0 Å². The van der Waals surface area contributed by atoms with Gasteiger partial charge < -0.3 is 9.30 Å². The largest absolute Gasteiger partial charge is 0.496 e. The summed E-state index contributed by atoms with van der Waals surface area (Å²) in [5, 5.41) is 9.18. The SMILES string of the molecule is COc1c(C)cc(-c2cc(C#N)c(C)n2C)c(C)c1C. The zero-order chi connectivity index (χ0) is 15.0. The van der Waals surface area contributed by atoms with E-state index in [4.69, 9.17) is 4.74 Å². The number of aryl methyl sites for hydroxylation is 1. The highest BCUT2D eigenvalue weighted by Crippen LogP contribution is 2.35. The fourth-order valence-electron chi connectivity index (χ4n) is 2.71. The molecule has 1 aromatic heterocycles. The number of aromatic nitrogens is 1. The normalized spacial score (nSPS) is 10.4. The second-order valence-corrected chi connectivity index (χ2v) is 5.22. The molecule has 1 aromatic carbocycles. The molecule has 0 fully saturated rings. The van der Waals surface area contributed by atoms with Gasteiger partial charge in [0.05, 0.1) is 12.7 Å². The lowest BCUT2D eigenvalue weighted by Crippen LogP contribution is -2.00. The fraction of sp³-hybridized carbons (Fsp3) is 0.353. The summed E-state index contributed by atoms with van der Waals surface area (Å²) < 4.78 is 7.54. The van der Waals surface area contributed by atoms with Crippen molar-refractivity contribution in [2.75, 3.05) is 7.11 Å². The lowest BCUT2D eigenvalue weighted by Gasteiger charge is -2.16. The number of methoxy groups -OCH3 is 1. The van der Waals surface area contributed by atoms with Gasteiger partial charge in [-0.25, -0.2) is 0 Å². The Bertz CT molecular complexity index is 718. The van der Waals surface area contributed by atoms with E-state index >= 15 is 0 Å². The molecule has 3 nitrogen and oxygen atoms in total. The van der Waals surface area contributed by atoms with Crippen molar-refractivity contribution in [3.8, 4) is 23.1 Å². The van der Waals surface area contributed by atoms with Gasteiger partial charge in [0.15, 0.2) is 0 Å². The van der Waals surface area contributed by atoms with Crippen LogP contribution in [0.3, 0.4) is 0 Å². The first-order valence-corrected chi connectivity index (χ1v) is 6.64. The molecule has 0 unspecified atom stereocenters. The van der Waals surface area contributed by atoms with Gasteiger partial charge in [0.1, 0.15) is 11.8 Å². The second-order valence-electron chi connectivity index (χ2n) is 5.22. The lowest BCUT2D eigenvalue weighted by atomic mass is 9.96. The molecular formula is C17H20N2O. The molecule has 0 N–H and O–H groups in total. The van der Waals surface area contributed by atoms with Gasteiger partial charge in [-0.05, 0) is 56.5 Å². The molecule has 1 heterocycles. The van der Waals surface area contributed by atoms with Crippen LogP contribution in [0.4, 0.5) is 0 Å². The third-order valence-corrected chi connectivity index (χ3v) is 4.16. The minimum atomic E-state index is 0.730. The van der Waals surface area contributed by atoms with Crippen LogP contribution in [0, 0.1) is 39.0 Å². The van der Waals surface area contributed by atoms with E-state index in [1.54, 1.807) is 7.11 Å². The molecule has 20 heavy (non-hydrogen) atoms. The van der Waals surface area contributed by atoms with Gasteiger partial charge in [0, 0.05) is 24.0 Å². The third-order valence-electron chi connectivity index (χ3n) is 4.16. The first-order valence-electron chi connectivity index (χ1n) is 6.64. The first kappa shape index (κ1) is 14.2. The van der Waals surface area contributed by atoms with E-state index in [0.717, 1.165) is 39.4 Å². The van der Waals surface area contributed by atoms with E-state index in [1.165, 1.54) is 5.56 Å². The summed E-state index contributed by atoms with van der Waals surface area (Å²) >= 11 is 0. The summed E-state index contributed by atoms with van der Waals surface area (Å²) in [5.74, 6) is 0.942. The maximum atomic E-state index is 9.18. The Hall–Kier alpha value is -2.21. The predicted molar refractivity (Wildman–Crippen MR) is 81.1 cm³/mol. The molecule has 0 spiro atoms. The van der Waals surface area contributed by atoms with Crippen LogP contribution in [0.2, 0.25) is 0 Å². The van der Waals surface area contributed by atoms with Gasteiger partial charge in [-0.2, -0.15) is 5.26 Å². The van der Waals surface area contributed by atoms with Crippen LogP contribution in [0.1, 0.15) is 27.9 Å². The van der Waals surface area contributed by atoms with Crippen molar-refractivity contribution in [2.24, 2.45) is 7.05 Å². The zero-order valence-electron chi connectivity index (χ0n) is 13.0. The van der Waals surface area contributed by atoms with E-state index < -0.39 is 0 Å². The maximum absolute atomic E-state index is 9.18. The Balaban J connectivity index is 2.75. The average Bonchev–Trinajstić information content (AvgIpc) is 2.71. The van der Waals surface area contributed by atoms with Crippen molar-refractivity contribution in [3.63, 3.8) is 0 Å². The monoisotopic (exact) mass is 268 g/mol. The van der Waals surface area contributed by atoms with Crippen LogP contribution >= 0.6 is 0 Å². The molecule has 0 saturated carbocycles. The topological polar surface area (TPSA) is 37.9 Å². The van der Waals surface area contributed by atoms with Crippen LogP contribution in [-0.4, -0.2) is 11.7 Å². The second kappa shape index (κ2) is 5.05. The Morgan fingerprint density at radius 3 is 2.25 bits per heavy atom. The van der Waals surface area contributed by atoms with Gasteiger partial charge in [0.2, 0.25) is 0 Å². The quantitative estimate of drug-likeness (QED) is 0.830. The van der Waals surface area contributed by atoms with Gasteiger partial charge in [-0.15, -0.1) is 0 Å². The molecule has 2 aromatic rings. The Kier molecular flexibility index (Phi) is 3.59. The summed E-state index contributed by atoms with van der Waals surface area (Å²) in [7, 11) is 3.70. The Labute approximate surface area is 120 Å². The Morgan fingerprint density at radius 1 is 1.10 bits per heavy atom. The maximum Gasteiger partial charge on any atom is 0.124 e. The van der Waals surface area contributed by atoms with Crippen molar-refractivity contribution in [1.82, 2.24) is 4.57 Å². The van der Waals surface area contributed by atoms with Crippen LogP contribution in [0.5, 0.6) is 5.75 Å². The molecule has 0 amide bonds. The summed E-state index contributed by atoms with van der Waals surface area (Å²) in [4.78, 5) is 0. The van der Waals surface area contributed by atoms with Crippen LogP contribution in [0.15, 0.2) is 12.1 Å². The van der Waals surface area contributed by atoms with E-state index in [9.17, 15) is 5.26 Å². The highest BCUT2D eigenvalue weighted by Gasteiger charge is 2.16. The van der Waals surface area contributed by atoms with E-state index in [0.29, 0.717) is 0 Å². The Morgan fingerprint density at radius 2 is 1.75 bits per heavy atom. The molecule has 0 aliphatic rings. The highest BCUT2D eigenvalue weighted by atomic mass is 16.5. The van der Waals surface area contributed by atoms with Crippen molar-refractivity contribution in [2.45, 2.75) is 27.7 Å². The molecule has 0 saturated heterocycles. The van der Waals surface area contributed by atoms with Crippen LogP contribution < -0.4 is 4.74 Å².